The van der Waals surface area contributed by atoms with Gasteiger partial charge in [0.15, 0.2) is 5.43 Å². The summed E-state index contributed by atoms with van der Waals surface area (Å²) in [5, 5.41) is 7.09. The molecule has 1 aromatic carbocycles. The molecule has 0 aliphatic heterocycles. The molecule has 2 heterocycles. The standard InChI is InChI=1S/C13H11N3O/c17-11-6-7-16-12(14-15-13(16)9-11)8-10-4-2-1-3-5-10/h1-7,9,15H,8H2. The van der Waals surface area contributed by atoms with Crippen LogP contribution in [0.15, 0.2) is 53.5 Å². The normalized spacial score (nSPS) is 10.8. The highest BCUT2D eigenvalue weighted by atomic mass is 16.1. The molecule has 0 atom stereocenters. The molecule has 0 bridgehead atoms. The lowest BCUT2D eigenvalue weighted by Gasteiger charge is -1.99. The Labute approximate surface area is 97.5 Å². The van der Waals surface area contributed by atoms with Crippen molar-refractivity contribution < 1.29 is 0 Å². The van der Waals surface area contributed by atoms with Crippen LogP contribution in [0.1, 0.15) is 11.4 Å². The van der Waals surface area contributed by atoms with Crippen LogP contribution >= 0.6 is 0 Å². The predicted molar refractivity (Wildman–Crippen MR) is 65.1 cm³/mol. The van der Waals surface area contributed by atoms with Crippen molar-refractivity contribution in [3.8, 4) is 0 Å². The van der Waals surface area contributed by atoms with Gasteiger partial charge in [-0.3, -0.25) is 14.3 Å². The largest absolute Gasteiger partial charge is 0.290 e. The zero-order valence-electron chi connectivity index (χ0n) is 9.13. The lowest BCUT2D eigenvalue weighted by Crippen LogP contribution is -2.01. The summed E-state index contributed by atoms with van der Waals surface area (Å²) >= 11 is 0. The van der Waals surface area contributed by atoms with Crippen molar-refractivity contribution in [2.75, 3.05) is 0 Å². The minimum atomic E-state index is -0.0140. The summed E-state index contributed by atoms with van der Waals surface area (Å²) in [7, 11) is 0. The molecule has 0 amide bonds. The molecule has 0 aliphatic rings. The third-order valence-corrected chi connectivity index (χ3v) is 2.71. The van der Waals surface area contributed by atoms with Crippen molar-refractivity contribution >= 4 is 5.65 Å². The molecule has 17 heavy (non-hydrogen) atoms. The molecule has 84 valence electrons. The molecule has 3 aromatic rings. The summed E-state index contributed by atoms with van der Waals surface area (Å²) < 4.78 is 1.90. The maximum Gasteiger partial charge on any atom is 0.183 e. The second-order valence-corrected chi connectivity index (χ2v) is 3.92. The van der Waals surface area contributed by atoms with Crippen LogP contribution in [0.4, 0.5) is 0 Å². The van der Waals surface area contributed by atoms with E-state index in [0.717, 1.165) is 17.9 Å². The monoisotopic (exact) mass is 225 g/mol. The zero-order valence-corrected chi connectivity index (χ0v) is 9.13. The number of rotatable bonds is 2. The summed E-state index contributed by atoms with van der Waals surface area (Å²) in [6, 6.07) is 13.2. The molecule has 0 unspecified atom stereocenters. The average molecular weight is 225 g/mol. The lowest BCUT2D eigenvalue weighted by atomic mass is 10.1. The number of pyridine rings is 1. The highest BCUT2D eigenvalue weighted by molar-refractivity contribution is 5.38. The van der Waals surface area contributed by atoms with E-state index >= 15 is 0 Å². The molecule has 4 heteroatoms. The topological polar surface area (TPSA) is 50.2 Å². The lowest BCUT2D eigenvalue weighted by molar-refractivity contribution is 0.934. The van der Waals surface area contributed by atoms with E-state index in [-0.39, 0.29) is 5.43 Å². The van der Waals surface area contributed by atoms with Gasteiger partial charge in [-0.25, -0.2) is 0 Å². The summed E-state index contributed by atoms with van der Waals surface area (Å²) in [4.78, 5) is 11.2. The fraction of sp³-hybridized carbons (Fsp3) is 0.0769. The second kappa shape index (κ2) is 3.90. The molecule has 0 saturated heterocycles. The molecule has 0 radical (unpaired) electrons. The third-order valence-electron chi connectivity index (χ3n) is 2.71. The van der Waals surface area contributed by atoms with Crippen LogP contribution in [0.2, 0.25) is 0 Å². The highest BCUT2D eigenvalue weighted by Gasteiger charge is 2.04. The van der Waals surface area contributed by atoms with Crippen molar-refractivity contribution in [1.29, 1.82) is 0 Å². The number of nitrogens with zero attached hydrogens (tertiary/aromatic N) is 2. The van der Waals surface area contributed by atoms with E-state index in [0.29, 0.717) is 0 Å². The van der Waals surface area contributed by atoms with Crippen LogP contribution in [0.5, 0.6) is 0 Å². The van der Waals surface area contributed by atoms with Crippen LogP contribution in [-0.2, 0) is 6.42 Å². The Kier molecular flexibility index (Phi) is 2.26. The van der Waals surface area contributed by atoms with Crippen LogP contribution < -0.4 is 5.43 Å². The zero-order chi connectivity index (χ0) is 11.7. The fourth-order valence-electron chi connectivity index (χ4n) is 1.87. The van der Waals surface area contributed by atoms with Gasteiger partial charge in [-0.15, -0.1) is 0 Å². The molecule has 3 rings (SSSR count). The van der Waals surface area contributed by atoms with E-state index in [1.165, 1.54) is 11.6 Å². The van der Waals surface area contributed by atoms with Crippen LogP contribution in [0.25, 0.3) is 5.65 Å². The molecule has 2 aromatic heterocycles. The van der Waals surface area contributed by atoms with Crippen molar-refractivity contribution in [2.24, 2.45) is 0 Å². The van der Waals surface area contributed by atoms with Gasteiger partial charge >= 0.3 is 0 Å². The summed E-state index contributed by atoms with van der Waals surface area (Å²) in [6.07, 6.45) is 2.49. The van der Waals surface area contributed by atoms with Gasteiger partial charge < -0.3 is 0 Å². The molecular formula is C13H11N3O. The Hall–Kier alpha value is -2.36. The van der Waals surface area contributed by atoms with E-state index < -0.39 is 0 Å². The summed E-state index contributed by atoms with van der Waals surface area (Å²) in [5.74, 6) is 0.895. The van der Waals surface area contributed by atoms with Crippen molar-refractivity contribution in [1.82, 2.24) is 14.6 Å². The van der Waals surface area contributed by atoms with Gasteiger partial charge in [-0.2, -0.15) is 5.10 Å². The number of aromatic amines is 1. The minimum Gasteiger partial charge on any atom is -0.290 e. The molecule has 0 fully saturated rings. The van der Waals surface area contributed by atoms with E-state index in [4.69, 9.17) is 0 Å². The SMILES string of the molecule is O=c1ccn2c(Cc3ccccc3)n[nH]c2c1. The smallest absolute Gasteiger partial charge is 0.183 e. The van der Waals surface area contributed by atoms with Crippen LogP contribution in [0, 0.1) is 0 Å². The van der Waals surface area contributed by atoms with Crippen molar-refractivity contribution in [3.05, 3.63) is 70.3 Å². The molecular weight excluding hydrogens is 214 g/mol. The molecule has 4 nitrogen and oxygen atoms in total. The first-order valence-corrected chi connectivity index (χ1v) is 5.42. The predicted octanol–water partition coefficient (Wildman–Crippen LogP) is 1.61. The number of fused-ring (bicyclic) bond motifs is 1. The number of hydrogen-bond acceptors (Lipinski definition) is 2. The third kappa shape index (κ3) is 1.85. The van der Waals surface area contributed by atoms with Gasteiger partial charge in [0.2, 0.25) is 0 Å². The highest BCUT2D eigenvalue weighted by Crippen LogP contribution is 2.08. The maximum atomic E-state index is 11.2. The second-order valence-electron chi connectivity index (χ2n) is 3.92. The van der Waals surface area contributed by atoms with E-state index in [2.05, 4.69) is 22.3 Å². The van der Waals surface area contributed by atoms with Crippen LogP contribution in [-0.4, -0.2) is 14.6 Å². The van der Waals surface area contributed by atoms with E-state index in [1.54, 1.807) is 12.3 Å². The first-order valence-electron chi connectivity index (χ1n) is 5.42. The molecule has 1 N–H and O–H groups in total. The van der Waals surface area contributed by atoms with E-state index in [1.807, 2.05) is 22.6 Å². The van der Waals surface area contributed by atoms with Gasteiger partial charge in [0.25, 0.3) is 0 Å². The van der Waals surface area contributed by atoms with E-state index in [9.17, 15) is 4.79 Å². The van der Waals surface area contributed by atoms with Gasteiger partial charge in [-0.1, -0.05) is 30.3 Å². The Bertz CT molecular complexity index is 697. The molecule has 0 aliphatic carbocycles. The van der Waals surface area contributed by atoms with Gasteiger partial charge in [0, 0.05) is 24.8 Å². The summed E-state index contributed by atoms with van der Waals surface area (Å²) in [5.41, 5.74) is 1.91. The van der Waals surface area contributed by atoms with Gasteiger partial charge in [0.1, 0.15) is 11.5 Å². The number of H-pyrrole nitrogens is 1. The Morgan fingerprint density at radius 2 is 2.00 bits per heavy atom. The molecule has 0 spiro atoms. The van der Waals surface area contributed by atoms with Gasteiger partial charge in [-0.05, 0) is 5.56 Å². The Morgan fingerprint density at radius 3 is 2.82 bits per heavy atom. The van der Waals surface area contributed by atoms with Crippen molar-refractivity contribution in [2.45, 2.75) is 6.42 Å². The Morgan fingerprint density at radius 1 is 1.18 bits per heavy atom. The van der Waals surface area contributed by atoms with Crippen molar-refractivity contribution in [3.63, 3.8) is 0 Å². The number of nitrogens with one attached hydrogen (secondary N) is 1. The summed E-state index contributed by atoms with van der Waals surface area (Å²) in [6.45, 7) is 0. The van der Waals surface area contributed by atoms with Gasteiger partial charge in [0.05, 0.1) is 0 Å². The maximum absolute atomic E-state index is 11.2. The van der Waals surface area contributed by atoms with Crippen LogP contribution in [0.3, 0.4) is 0 Å². The minimum absolute atomic E-state index is 0.0140. The first kappa shape index (κ1) is 9.84. The number of aromatic nitrogens is 3. The fourth-order valence-corrected chi connectivity index (χ4v) is 1.87. The quantitative estimate of drug-likeness (QED) is 0.720. The number of benzene rings is 1. The molecule has 0 saturated carbocycles. The number of hydrogen-bond donors (Lipinski definition) is 1. The first-order chi connectivity index (χ1) is 8.33. The average Bonchev–Trinajstić information content (AvgIpc) is 2.73. The Balaban J connectivity index is 2.04.